The van der Waals surface area contributed by atoms with Crippen molar-refractivity contribution in [1.29, 1.82) is 0 Å². The number of hydrogen-bond acceptors (Lipinski definition) is 8. The lowest BCUT2D eigenvalue weighted by Crippen LogP contribution is -2.83. The number of nitrogens with zero attached hydrogens (tertiary/aromatic N) is 2. The molecule has 9 fully saturated rings. The number of piperidine rings is 4. The van der Waals surface area contributed by atoms with Crippen LogP contribution in [0.1, 0.15) is 103 Å². The van der Waals surface area contributed by atoms with Crippen molar-refractivity contribution < 1.29 is 38.9 Å². The number of hydrogen-bond donors (Lipinski definition) is 3. The number of quaternary nitrogens is 1. The maximum absolute atomic E-state index is 14.5. The number of aliphatic hydroxyl groups is 3. The van der Waals surface area contributed by atoms with E-state index in [4.69, 9.17) is 9.47 Å². The zero-order valence-corrected chi connectivity index (χ0v) is 32.7. The third kappa shape index (κ3) is 3.88. The Labute approximate surface area is 320 Å². The van der Waals surface area contributed by atoms with E-state index in [1.807, 2.05) is 0 Å². The van der Waals surface area contributed by atoms with Gasteiger partial charge in [0.25, 0.3) is 0 Å². The van der Waals surface area contributed by atoms with Gasteiger partial charge in [0.2, 0.25) is 0 Å². The number of fused-ring (bicyclic) bond motifs is 7. The molecular formula is C45H61N2O7+. The molecule has 0 aromatic heterocycles. The molecule has 0 amide bonds. The number of likely N-dealkylation sites (N-methyl/N-ethyl adjacent to an activating group) is 1. The van der Waals surface area contributed by atoms with Gasteiger partial charge in [0.1, 0.15) is 18.8 Å². The van der Waals surface area contributed by atoms with E-state index >= 15 is 0 Å². The second-order valence-corrected chi connectivity index (χ2v) is 20.7. The molecular weight excluding hydrogens is 681 g/mol. The highest BCUT2D eigenvalue weighted by Gasteiger charge is 2.83. The summed E-state index contributed by atoms with van der Waals surface area (Å²) in [6.07, 6.45) is 11.5. The average Bonchev–Trinajstić information content (AvgIpc) is 3.83. The Bertz CT molecular complexity index is 1830. The molecule has 4 saturated heterocycles. The van der Waals surface area contributed by atoms with Crippen molar-refractivity contribution in [2.75, 3.05) is 25.1 Å². The van der Waals surface area contributed by atoms with Crippen molar-refractivity contribution in [1.82, 2.24) is 0 Å². The van der Waals surface area contributed by atoms with Crippen LogP contribution >= 0.6 is 0 Å². The largest absolute Gasteiger partial charge is 0.458 e. The smallest absolute Gasteiger partial charge is 0.362 e. The summed E-state index contributed by atoms with van der Waals surface area (Å²) in [7, 11) is 2.17. The number of carbonyl (C=O) groups excluding carboxylic acids is 2. The van der Waals surface area contributed by atoms with Crippen molar-refractivity contribution in [3.63, 3.8) is 0 Å². The highest BCUT2D eigenvalue weighted by atomic mass is 16.5. The summed E-state index contributed by atoms with van der Waals surface area (Å²) in [5.74, 6) is 1.32. The number of rotatable bonds is 5. The van der Waals surface area contributed by atoms with Gasteiger partial charge in [-0.2, -0.15) is 0 Å². The predicted octanol–water partition coefficient (Wildman–Crippen LogP) is 5.24. The molecule has 54 heavy (non-hydrogen) atoms. The second kappa shape index (κ2) is 11.1. The molecule has 11 aliphatic rings. The van der Waals surface area contributed by atoms with Gasteiger partial charge >= 0.3 is 11.9 Å². The summed E-state index contributed by atoms with van der Waals surface area (Å²) in [6.45, 7) is 7.48. The standard InChI is InChI=1S/C45H61N2O7/c1-5-27-28-20-34-39-44(32-8-6-7-9-33(32)46(39)4)21-35(38(28)40(44)50)47(34,41(27)51)22-37(49)54-26-12-15-42(2)25(19-26)10-11-31-30(42)13-16-43(3)29(14-17-45(31,43)52)24-18-36(48)53-23-24/h6-9,18,25-31,34-35,38-41,50-52H,5,10-17,19-23H2,1-4H3/q+1/t25-,26+,27+,28+,29-,30+,31-,34+,35+,38-,39+,40+,41-,42+,43-,44+,45+,47-/m1/s1. The Morgan fingerprint density at radius 1 is 1.02 bits per heavy atom. The normalized spacial score (nSPS) is 54.4. The molecule has 3 N–H and O–H groups in total. The fourth-order valence-electron chi connectivity index (χ4n) is 17.6. The van der Waals surface area contributed by atoms with Crippen LogP contribution in [0.5, 0.6) is 0 Å². The number of esters is 2. The molecule has 1 spiro atoms. The molecule has 5 bridgehead atoms. The lowest BCUT2D eigenvalue weighted by molar-refractivity contribution is -1.03. The molecule has 1 aromatic rings. The Hall–Kier alpha value is -2.46. The lowest BCUT2D eigenvalue weighted by atomic mass is 9.43. The van der Waals surface area contributed by atoms with Gasteiger partial charge < -0.3 is 29.7 Å². The lowest BCUT2D eigenvalue weighted by Gasteiger charge is -2.67. The van der Waals surface area contributed by atoms with Gasteiger partial charge in [-0.15, -0.1) is 0 Å². The zero-order valence-electron chi connectivity index (χ0n) is 32.7. The van der Waals surface area contributed by atoms with E-state index in [1.165, 1.54) is 11.3 Å². The number of cyclic esters (lactones) is 1. The number of carbonyl (C=O) groups is 2. The Morgan fingerprint density at radius 2 is 1.83 bits per heavy atom. The Kier molecular flexibility index (Phi) is 7.17. The van der Waals surface area contributed by atoms with E-state index in [-0.39, 0.29) is 88.5 Å². The van der Waals surface area contributed by atoms with E-state index in [0.29, 0.717) is 22.9 Å². The van der Waals surface area contributed by atoms with Crippen LogP contribution in [-0.2, 0) is 24.5 Å². The molecule has 292 valence electrons. The van der Waals surface area contributed by atoms with Crippen molar-refractivity contribution in [2.24, 2.45) is 52.3 Å². The van der Waals surface area contributed by atoms with Crippen molar-refractivity contribution >= 4 is 17.6 Å². The molecule has 6 aliphatic heterocycles. The first-order valence-corrected chi connectivity index (χ1v) is 21.7. The van der Waals surface area contributed by atoms with Crippen LogP contribution in [0.25, 0.3) is 0 Å². The van der Waals surface area contributed by atoms with Gasteiger partial charge in [-0.1, -0.05) is 39.0 Å². The van der Waals surface area contributed by atoms with Crippen LogP contribution in [0.3, 0.4) is 0 Å². The van der Waals surface area contributed by atoms with Crippen molar-refractivity contribution in [3.8, 4) is 0 Å². The molecule has 18 atom stereocenters. The zero-order chi connectivity index (χ0) is 37.3. The highest BCUT2D eigenvalue weighted by Crippen LogP contribution is 2.73. The Balaban J connectivity index is 0.829. The summed E-state index contributed by atoms with van der Waals surface area (Å²) in [5.41, 5.74) is 2.28. The maximum Gasteiger partial charge on any atom is 0.362 e. The fourth-order valence-corrected chi connectivity index (χ4v) is 17.6. The minimum atomic E-state index is -0.739. The van der Waals surface area contributed by atoms with Crippen molar-refractivity contribution in [3.05, 3.63) is 41.5 Å². The van der Waals surface area contributed by atoms with Gasteiger partial charge in [0.05, 0.1) is 29.2 Å². The topological polar surface area (TPSA) is 117 Å². The monoisotopic (exact) mass is 741 g/mol. The van der Waals surface area contributed by atoms with E-state index in [0.717, 1.165) is 82.6 Å². The average molecular weight is 742 g/mol. The Morgan fingerprint density at radius 3 is 2.61 bits per heavy atom. The molecule has 5 saturated carbocycles. The van der Waals surface area contributed by atoms with Crippen LogP contribution in [-0.4, -0.2) is 94.1 Å². The van der Waals surface area contributed by atoms with E-state index < -0.39 is 17.9 Å². The van der Waals surface area contributed by atoms with Gasteiger partial charge in [-0.3, -0.25) is 4.48 Å². The minimum Gasteiger partial charge on any atom is -0.458 e. The molecule has 9 heteroatoms. The number of para-hydroxylation sites is 1. The molecule has 0 unspecified atom stereocenters. The quantitative estimate of drug-likeness (QED) is 0.278. The van der Waals surface area contributed by atoms with E-state index in [2.05, 4.69) is 57.0 Å². The first-order valence-electron chi connectivity index (χ1n) is 21.7. The summed E-state index contributed by atoms with van der Waals surface area (Å²) in [4.78, 5) is 28.8. The fraction of sp³-hybridized carbons (Fsp3) is 0.778. The minimum absolute atomic E-state index is 0.0370. The van der Waals surface area contributed by atoms with Gasteiger partial charge in [0.15, 0.2) is 12.8 Å². The molecule has 6 heterocycles. The number of ether oxygens (including phenoxy) is 2. The summed E-state index contributed by atoms with van der Waals surface area (Å²) >= 11 is 0. The van der Waals surface area contributed by atoms with Gasteiger partial charge in [-0.05, 0) is 116 Å². The molecule has 12 rings (SSSR count). The van der Waals surface area contributed by atoms with Crippen LogP contribution in [0.2, 0.25) is 0 Å². The highest BCUT2D eigenvalue weighted by molar-refractivity contribution is 5.85. The van der Waals surface area contributed by atoms with Crippen LogP contribution in [0.4, 0.5) is 5.69 Å². The first kappa shape index (κ1) is 34.8. The summed E-state index contributed by atoms with van der Waals surface area (Å²) in [6, 6.07) is 8.74. The number of benzene rings is 1. The van der Waals surface area contributed by atoms with Gasteiger partial charge in [-0.25, -0.2) is 9.59 Å². The van der Waals surface area contributed by atoms with Crippen LogP contribution in [0.15, 0.2) is 35.9 Å². The van der Waals surface area contributed by atoms with Crippen molar-refractivity contribution in [2.45, 2.75) is 145 Å². The predicted molar refractivity (Wildman–Crippen MR) is 201 cm³/mol. The number of anilines is 1. The molecule has 9 nitrogen and oxygen atoms in total. The molecule has 0 radical (unpaired) electrons. The summed E-state index contributed by atoms with van der Waals surface area (Å²) in [5, 5.41) is 37.5. The first-order chi connectivity index (χ1) is 25.8. The SMILES string of the molecule is CC[C@H]1[C@@H]2C[C@H]3[C@@H]4N(C)c5ccccc5[C@@]45C[C@@H]([C@@H]2[C@@H]5O)[N@+]3(CC(=O)O[C@H]2CC[C@@]3(C)[C@H](CC[C@@H]4[C@@H]3CC[C@]3(C)[C@@H](C5=CC(=O)OC5)CC[C@]43O)C2)[C@@H]1O. The third-order valence-electron chi connectivity index (χ3n) is 19.8. The molecule has 1 aromatic carbocycles. The van der Waals surface area contributed by atoms with E-state index in [9.17, 15) is 24.9 Å². The van der Waals surface area contributed by atoms with Gasteiger partial charge in [0, 0.05) is 48.9 Å². The summed E-state index contributed by atoms with van der Waals surface area (Å²) < 4.78 is 12.3. The number of aliphatic hydroxyl groups excluding tert-OH is 2. The molecule has 5 aliphatic carbocycles. The van der Waals surface area contributed by atoms with E-state index in [1.54, 1.807) is 6.08 Å². The second-order valence-electron chi connectivity index (χ2n) is 20.7. The van der Waals surface area contributed by atoms with Crippen LogP contribution in [0, 0.1) is 52.3 Å². The third-order valence-corrected chi connectivity index (χ3v) is 19.8. The maximum atomic E-state index is 14.5. The van der Waals surface area contributed by atoms with Crippen LogP contribution < -0.4 is 4.90 Å².